The zero-order valence-corrected chi connectivity index (χ0v) is 14.1. The third kappa shape index (κ3) is 3.19. The number of hydrogen-bond acceptors (Lipinski definition) is 4. The van der Waals surface area contributed by atoms with Gasteiger partial charge in [0.25, 0.3) is 0 Å². The quantitative estimate of drug-likeness (QED) is 0.796. The van der Waals surface area contributed by atoms with Crippen molar-refractivity contribution in [3.8, 4) is 0 Å². The van der Waals surface area contributed by atoms with Crippen molar-refractivity contribution in [3.05, 3.63) is 53.3 Å². The van der Waals surface area contributed by atoms with Gasteiger partial charge in [0.1, 0.15) is 11.3 Å². The maximum absolute atomic E-state index is 11.7. The number of nitrogens with zero attached hydrogens (tertiary/aromatic N) is 3. The van der Waals surface area contributed by atoms with Crippen LogP contribution in [0.2, 0.25) is 0 Å². The summed E-state index contributed by atoms with van der Waals surface area (Å²) in [5.74, 6) is 0.366. The molecule has 7 heteroatoms. The lowest BCUT2D eigenvalue weighted by atomic mass is 10.0. The molecule has 3 rings (SSSR count). The van der Waals surface area contributed by atoms with E-state index in [4.69, 9.17) is 0 Å². The lowest BCUT2D eigenvalue weighted by Crippen LogP contribution is -2.14. The molecule has 0 amide bonds. The van der Waals surface area contributed by atoms with Crippen LogP contribution in [0.5, 0.6) is 0 Å². The molecule has 0 radical (unpaired) electrons. The molecule has 23 heavy (non-hydrogen) atoms. The van der Waals surface area contributed by atoms with Gasteiger partial charge in [0.2, 0.25) is 10.0 Å². The Labute approximate surface area is 135 Å². The first-order valence-electron chi connectivity index (χ1n) is 7.17. The smallest absolute Gasteiger partial charge is 0.230 e. The van der Waals surface area contributed by atoms with Crippen LogP contribution in [-0.2, 0) is 23.5 Å². The number of anilines is 1. The van der Waals surface area contributed by atoms with Gasteiger partial charge in [-0.2, -0.15) is 0 Å². The van der Waals surface area contributed by atoms with Gasteiger partial charge in [-0.1, -0.05) is 30.3 Å². The minimum absolute atomic E-state index is 0.366. The van der Waals surface area contributed by atoms with E-state index >= 15 is 0 Å². The van der Waals surface area contributed by atoms with Crippen molar-refractivity contribution in [1.82, 2.24) is 14.5 Å². The summed E-state index contributed by atoms with van der Waals surface area (Å²) >= 11 is 0. The molecule has 0 fully saturated rings. The monoisotopic (exact) mass is 330 g/mol. The molecule has 1 N–H and O–H groups in total. The second kappa shape index (κ2) is 5.66. The van der Waals surface area contributed by atoms with Crippen molar-refractivity contribution in [2.75, 3.05) is 11.0 Å². The van der Waals surface area contributed by atoms with Gasteiger partial charge in [0.05, 0.1) is 12.6 Å². The van der Waals surface area contributed by atoms with Gasteiger partial charge < -0.3 is 4.57 Å². The summed E-state index contributed by atoms with van der Waals surface area (Å²) < 4.78 is 27.7. The highest BCUT2D eigenvalue weighted by Crippen LogP contribution is 2.27. The first-order valence-corrected chi connectivity index (χ1v) is 9.06. The number of fused-ring (bicyclic) bond motifs is 1. The average molecular weight is 330 g/mol. The minimum Gasteiger partial charge on any atom is -0.318 e. The molecule has 0 unspecified atom stereocenters. The average Bonchev–Trinajstić information content (AvgIpc) is 2.84. The Morgan fingerprint density at radius 2 is 1.91 bits per heavy atom. The Morgan fingerprint density at radius 1 is 1.22 bits per heavy atom. The Balaban J connectivity index is 2.20. The van der Waals surface area contributed by atoms with E-state index in [0.717, 1.165) is 28.5 Å². The van der Waals surface area contributed by atoms with Crippen LogP contribution in [0, 0.1) is 6.92 Å². The maximum atomic E-state index is 11.7. The third-order valence-electron chi connectivity index (χ3n) is 3.72. The van der Waals surface area contributed by atoms with Crippen LogP contribution in [0.25, 0.3) is 11.2 Å². The largest absolute Gasteiger partial charge is 0.318 e. The molecule has 6 nitrogen and oxygen atoms in total. The molecule has 0 aliphatic rings. The molecule has 2 heterocycles. The van der Waals surface area contributed by atoms with E-state index < -0.39 is 10.0 Å². The summed E-state index contributed by atoms with van der Waals surface area (Å²) in [5.41, 5.74) is 4.31. The van der Waals surface area contributed by atoms with Crippen LogP contribution in [0.1, 0.15) is 16.7 Å². The van der Waals surface area contributed by atoms with Gasteiger partial charge in [-0.05, 0) is 18.1 Å². The van der Waals surface area contributed by atoms with Crippen molar-refractivity contribution >= 4 is 27.0 Å². The lowest BCUT2D eigenvalue weighted by molar-refractivity contribution is 0.606. The topological polar surface area (TPSA) is 76.9 Å². The summed E-state index contributed by atoms with van der Waals surface area (Å²) in [4.78, 5) is 8.87. The Morgan fingerprint density at radius 3 is 2.57 bits per heavy atom. The first-order chi connectivity index (χ1) is 10.8. The number of hydrogen-bond donors (Lipinski definition) is 1. The Kier molecular flexibility index (Phi) is 3.81. The van der Waals surface area contributed by atoms with E-state index in [1.807, 2.05) is 44.3 Å². The fraction of sp³-hybridized carbons (Fsp3) is 0.250. The van der Waals surface area contributed by atoms with E-state index in [1.165, 1.54) is 0 Å². The van der Waals surface area contributed by atoms with Gasteiger partial charge in [0, 0.05) is 19.0 Å². The second-order valence-electron chi connectivity index (χ2n) is 5.63. The summed E-state index contributed by atoms with van der Waals surface area (Å²) in [5, 5.41) is 0. The fourth-order valence-electron chi connectivity index (χ4n) is 2.59. The van der Waals surface area contributed by atoms with E-state index in [2.05, 4.69) is 14.7 Å². The van der Waals surface area contributed by atoms with Crippen molar-refractivity contribution in [3.63, 3.8) is 0 Å². The first kappa shape index (κ1) is 15.5. The lowest BCUT2D eigenvalue weighted by Gasteiger charge is -2.14. The van der Waals surface area contributed by atoms with Crippen LogP contribution < -0.4 is 4.72 Å². The van der Waals surface area contributed by atoms with Gasteiger partial charge in [-0.15, -0.1) is 0 Å². The minimum atomic E-state index is -3.42. The van der Waals surface area contributed by atoms with Crippen LogP contribution in [0.4, 0.5) is 5.82 Å². The molecule has 120 valence electrons. The molecule has 1 aromatic carbocycles. The van der Waals surface area contributed by atoms with E-state index in [0.29, 0.717) is 17.9 Å². The second-order valence-corrected chi connectivity index (χ2v) is 7.38. The SMILES string of the molecule is Cc1c(Cc2ccccc2)c(NS(C)(=O)=O)nc2c1ncn2C. The Hall–Kier alpha value is -2.41. The number of benzene rings is 1. The van der Waals surface area contributed by atoms with E-state index in [1.54, 1.807) is 10.9 Å². The molecule has 0 aliphatic carbocycles. The van der Waals surface area contributed by atoms with Gasteiger partial charge in [-0.25, -0.2) is 18.4 Å². The zero-order chi connectivity index (χ0) is 16.6. The number of aromatic nitrogens is 3. The predicted molar refractivity (Wildman–Crippen MR) is 91.0 cm³/mol. The highest BCUT2D eigenvalue weighted by atomic mass is 32.2. The molecular weight excluding hydrogens is 312 g/mol. The van der Waals surface area contributed by atoms with Crippen molar-refractivity contribution in [2.24, 2.45) is 7.05 Å². The standard InChI is InChI=1S/C16H18N4O2S/c1-11-13(9-12-7-5-4-6-8-12)15(19-23(3,21)22)18-16-14(11)17-10-20(16)2/h4-8,10H,9H2,1-3H3,(H,18,19). The van der Waals surface area contributed by atoms with Crippen LogP contribution in [-0.4, -0.2) is 29.2 Å². The predicted octanol–water partition coefficient (Wildman–Crippen LogP) is 2.24. The number of aryl methyl sites for hydroxylation is 2. The van der Waals surface area contributed by atoms with Crippen molar-refractivity contribution in [1.29, 1.82) is 0 Å². The van der Waals surface area contributed by atoms with Crippen molar-refractivity contribution < 1.29 is 8.42 Å². The summed E-state index contributed by atoms with van der Waals surface area (Å²) in [6.45, 7) is 1.95. The van der Waals surface area contributed by atoms with Crippen LogP contribution >= 0.6 is 0 Å². The van der Waals surface area contributed by atoms with Gasteiger partial charge in [0.15, 0.2) is 5.65 Å². The van der Waals surface area contributed by atoms with Gasteiger partial charge >= 0.3 is 0 Å². The van der Waals surface area contributed by atoms with Crippen molar-refractivity contribution in [2.45, 2.75) is 13.3 Å². The molecule has 0 saturated carbocycles. The summed E-state index contributed by atoms with van der Waals surface area (Å²) in [6, 6.07) is 9.88. The number of rotatable bonds is 4. The maximum Gasteiger partial charge on any atom is 0.230 e. The number of nitrogens with one attached hydrogen (secondary N) is 1. The molecule has 3 aromatic rings. The fourth-order valence-corrected chi connectivity index (χ4v) is 3.11. The molecule has 0 saturated heterocycles. The Bertz CT molecular complexity index is 963. The molecule has 0 spiro atoms. The van der Waals surface area contributed by atoms with Crippen LogP contribution in [0.15, 0.2) is 36.7 Å². The summed E-state index contributed by atoms with van der Waals surface area (Å²) in [7, 11) is -1.58. The number of sulfonamides is 1. The number of imidazole rings is 1. The molecular formula is C16H18N4O2S. The third-order valence-corrected chi connectivity index (χ3v) is 4.29. The molecule has 0 bridgehead atoms. The highest BCUT2D eigenvalue weighted by molar-refractivity contribution is 7.92. The van der Waals surface area contributed by atoms with E-state index in [-0.39, 0.29) is 0 Å². The molecule has 0 atom stereocenters. The number of pyridine rings is 1. The van der Waals surface area contributed by atoms with Gasteiger partial charge in [-0.3, -0.25) is 4.72 Å². The molecule has 0 aliphatic heterocycles. The normalized spacial score (nSPS) is 11.8. The zero-order valence-electron chi connectivity index (χ0n) is 13.2. The summed E-state index contributed by atoms with van der Waals surface area (Å²) in [6.07, 6.45) is 3.40. The highest BCUT2D eigenvalue weighted by Gasteiger charge is 2.17. The molecule has 2 aromatic heterocycles. The van der Waals surface area contributed by atoms with Crippen LogP contribution in [0.3, 0.4) is 0 Å². The van der Waals surface area contributed by atoms with E-state index in [9.17, 15) is 8.42 Å².